The molecule has 18 heavy (non-hydrogen) atoms. The molecule has 0 bridgehead atoms. The normalized spacial score (nSPS) is 20.0. The van der Waals surface area contributed by atoms with Crippen molar-refractivity contribution in [3.63, 3.8) is 0 Å². The van der Waals surface area contributed by atoms with E-state index in [0.29, 0.717) is 10.4 Å². The summed E-state index contributed by atoms with van der Waals surface area (Å²) in [5.41, 5.74) is 1.59. The molecular weight excluding hydrogens is 265 g/mol. The first kappa shape index (κ1) is 14.2. The van der Waals surface area contributed by atoms with Gasteiger partial charge in [0.2, 0.25) is 0 Å². The highest BCUT2D eigenvalue weighted by Gasteiger charge is 2.28. The minimum atomic E-state index is 0.271. The van der Waals surface area contributed by atoms with Crippen LogP contribution < -0.4 is 5.32 Å². The van der Waals surface area contributed by atoms with Gasteiger partial charge in [-0.15, -0.1) is 0 Å². The molecule has 1 aliphatic rings. The van der Waals surface area contributed by atoms with Crippen LogP contribution in [0.25, 0.3) is 0 Å². The van der Waals surface area contributed by atoms with Gasteiger partial charge < -0.3 is 5.32 Å². The van der Waals surface area contributed by atoms with Gasteiger partial charge in [-0.1, -0.05) is 49.0 Å². The van der Waals surface area contributed by atoms with Gasteiger partial charge in [0.25, 0.3) is 0 Å². The Bertz CT molecular complexity index is 411. The van der Waals surface area contributed by atoms with Crippen molar-refractivity contribution in [2.45, 2.75) is 45.6 Å². The van der Waals surface area contributed by atoms with E-state index < -0.39 is 0 Å². The summed E-state index contributed by atoms with van der Waals surface area (Å²) < 4.78 is 0. The fourth-order valence-corrected chi connectivity index (χ4v) is 3.34. The van der Waals surface area contributed by atoms with Crippen molar-refractivity contribution >= 4 is 23.2 Å². The first-order chi connectivity index (χ1) is 8.50. The van der Waals surface area contributed by atoms with Crippen molar-refractivity contribution in [2.75, 3.05) is 6.54 Å². The van der Waals surface area contributed by atoms with Crippen LogP contribution in [-0.2, 0) is 0 Å². The molecule has 0 saturated heterocycles. The number of benzene rings is 1. The zero-order chi connectivity index (χ0) is 13.2. The molecule has 1 nitrogen and oxygen atoms in total. The van der Waals surface area contributed by atoms with Gasteiger partial charge in [0.15, 0.2) is 0 Å². The number of nitrogens with one attached hydrogen (secondary N) is 1. The maximum Gasteiger partial charge on any atom is 0.0468 e. The average Bonchev–Trinajstić information content (AvgIpc) is 2.74. The lowest BCUT2D eigenvalue weighted by molar-refractivity contribution is 0.302. The molecule has 0 radical (unpaired) electrons. The first-order valence-electron chi connectivity index (χ1n) is 6.68. The monoisotopic (exact) mass is 285 g/mol. The summed E-state index contributed by atoms with van der Waals surface area (Å²) in [6.07, 6.45) is 5.41. The van der Waals surface area contributed by atoms with Crippen molar-refractivity contribution < 1.29 is 0 Å². The summed E-state index contributed by atoms with van der Waals surface area (Å²) in [6.45, 7) is 5.60. The predicted molar refractivity (Wildman–Crippen MR) is 79.5 cm³/mol. The summed E-state index contributed by atoms with van der Waals surface area (Å²) in [6, 6.07) is 6.00. The minimum Gasteiger partial charge on any atom is -0.310 e. The first-order valence-corrected chi connectivity index (χ1v) is 7.44. The molecule has 0 aromatic heterocycles. The Labute approximate surface area is 120 Å². The highest BCUT2D eigenvalue weighted by molar-refractivity contribution is 6.35. The lowest BCUT2D eigenvalue weighted by Crippen LogP contribution is -2.31. The van der Waals surface area contributed by atoms with E-state index in [9.17, 15) is 0 Å². The summed E-state index contributed by atoms with van der Waals surface area (Å²) in [5, 5.41) is 5.06. The van der Waals surface area contributed by atoms with E-state index in [2.05, 4.69) is 19.2 Å². The molecule has 0 heterocycles. The zero-order valence-corrected chi connectivity index (χ0v) is 12.6. The van der Waals surface area contributed by atoms with Gasteiger partial charge in [-0.05, 0) is 42.9 Å². The maximum absolute atomic E-state index is 6.23. The van der Waals surface area contributed by atoms with Crippen LogP contribution in [0.4, 0.5) is 0 Å². The van der Waals surface area contributed by atoms with Crippen LogP contribution in [0.1, 0.15) is 51.1 Å². The number of rotatable bonds is 4. The van der Waals surface area contributed by atoms with Gasteiger partial charge in [0, 0.05) is 22.6 Å². The fraction of sp³-hybridized carbons (Fsp3) is 0.600. The molecule has 1 saturated carbocycles. The SMILES string of the molecule is CC(NCC1(C)CCCC1)c1ccc(Cl)cc1Cl. The van der Waals surface area contributed by atoms with Crippen LogP contribution in [-0.4, -0.2) is 6.54 Å². The smallest absolute Gasteiger partial charge is 0.0468 e. The Balaban J connectivity index is 1.97. The van der Waals surface area contributed by atoms with Gasteiger partial charge >= 0.3 is 0 Å². The fourth-order valence-electron chi connectivity index (χ4n) is 2.77. The molecule has 1 N–H and O–H groups in total. The number of hydrogen-bond acceptors (Lipinski definition) is 1. The van der Waals surface area contributed by atoms with Gasteiger partial charge in [0.1, 0.15) is 0 Å². The van der Waals surface area contributed by atoms with Crippen LogP contribution in [0.5, 0.6) is 0 Å². The molecule has 0 aliphatic heterocycles. The third-order valence-electron chi connectivity index (χ3n) is 4.07. The third-order valence-corrected chi connectivity index (χ3v) is 4.64. The highest BCUT2D eigenvalue weighted by Crippen LogP contribution is 2.37. The van der Waals surface area contributed by atoms with Crippen LogP contribution >= 0.6 is 23.2 Å². The molecule has 3 heteroatoms. The lowest BCUT2D eigenvalue weighted by Gasteiger charge is -2.27. The summed E-state index contributed by atoms with van der Waals surface area (Å²) in [7, 11) is 0. The lowest BCUT2D eigenvalue weighted by atomic mass is 9.88. The van der Waals surface area contributed by atoms with Gasteiger partial charge in [-0.3, -0.25) is 0 Å². The molecule has 1 aromatic rings. The molecule has 1 fully saturated rings. The molecule has 0 amide bonds. The quantitative estimate of drug-likeness (QED) is 0.799. The third kappa shape index (κ3) is 3.40. The largest absolute Gasteiger partial charge is 0.310 e. The molecule has 2 rings (SSSR count). The van der Waals surface area contributed by atoms with Gasteiger partial charge in [-0.25, -0.2) is 0 Å². The van der Waals surface area contributed by atoms with E-state index in [1.165, 1.54) is 25.7 Å². The molecule has 1 unspecified atom stereocenters. The van der Waals surface area contributed by atoms with Crippen molar-refractivity contribution in [1.29, 1.82) is 0 Å². The molecule has 0 spiro atoms. The topological polar surface area (TPSA) is 12.0 Å². The predicted octanol–water partition coefficient (Wildman–Crippen LogP) is 5.22. The Hall–Kier alpha value is -0.240. The Morgan fingerprint density at radius 1 is 1.28 bits per heavy atom. The Kier molecular flexibility index (Phi) is 4.58. The maximum atomic E-state index is 6.23. The Morgan fingerprint density at radius 2 is 1.94 bits per heavy atom. The van der Waals surface area contributed by atoms with E-state index in [4.69, 9.17) is 23.2 Å². The van der Waals surface area contributed by atoms with Crippen molar-refractivity contribution in [2.24, 2.45) is 5.41 Å². The molecule has 100 valence electrons. The van der Waals surface area contributed by atoms with Crippen molar-refractivity contribution in [3.05, 3.63) is 33.8 Å². The number of hydrogen-bond donors (Lipinski definition) is 1. The molecular formula is C15H21Cl2N. The average molecular weight is 286 g/mol. The van der Waals surface area contributed by atoms with Gasteiger partial charge in [0.05, 0.1) is 0 Å². The standard InChI is InChI=1S/C15H21Cl2N/c1-11(13-6-5-12(16)9-14(13)17)18-10-15(2)7-3-4-8-15/h5-6,9,11,18H,3-4,7-8,10H2,1-2H3. The van der Waals surface area contributed by atoms with Gasteiger partial charge in [-0.2, -0.15) is 0 Å². The second-order valence-corrected chi connectivity index (χ2v) is 6.63. The minimum absolute atomic E-state index is 0.271. The van der Waals surface area contributed by atoms with E-state index in [-0.39, 0.29) is 6.04 Å². The highest BCUT2D eigenvalue weighted by atomic mass is 35.5. The molecule has 1 aliphatic carbocycles. The summed E-state index contributed by atoms with van der Waals surface area (Å²) >= 11 is 12.1. The number of halogens is 2. The van der Waals surface area contributed by atoms with E-state index in [1.807, 2.05) is 18.2 Å². The van der Waals surface area contributed by atoms with Crippen LogP contribution in [0.15, 0.2) is 18.2 Å². The van der Waals surface area contributed by atoms with Crippen LogP contribution in [0.3, 0.4) is 0 Å². The van der Waals surface area contributed by atoms with Crippen molar-refractivity contribution in [3.8, 4) is 0 Å². The van der Waals surface area contributed by atoms with Crippen LogP contribution in [0.2, 0.25) is 10.0 Å². The summed E-state index contributed by atoms with van der Waals surface area (Å²) in [5.74, 6) is 0. The van der Waals surface area contributed by atoms with E-state index in [1.54, 1.807) is 0 Å². The van der Waals surface area contributed by atoms with Crippen LogP contribution in [0, 0.1) is 5.41 Å². The van der Waals surface area contributed by atoms with E-state index in [0.717, 1.165) is 17.1 Å². The summed E-state index contributed by atoms with van der Waals surface area (Å²) in [4.78, 5) is 0. The van der Waals surface area contributed by atoms with Crippen molar-refractivity contribution in [1.82, 2.24) is 5.32 Å². The van der Waals surface area contributed by atoms with E-state index >= 15 is 0 Å². The molecule has 1 aromatic carbocycles. The zero-order valence-electron chi connectivity index (χ0n) is 11.1. The molecule has 1 atom stereocenters. The second kappa shape index (κ2) is 5.81. The Morgan fingerprint density at radius 3 is 2.56 bits per heavy atom. The second-order valence-electron chi connectivity index (χ2n) is 5.79.